The molecule has 0 amide bonds. The molecule has 0 radical (unpaired) electrons. The third-order valence-electron chi connectivity index (χ3n) is 3.32. The Hall–Kier alpha value is -1.86. The van der Waals surface area contributed by atoms with Crippen molar-refractivity contribution in [2.45, 2.75) is 26.2 Å². The van der Waals surface area contributed by atoms with Crippen molar-refractivity contribution in [2.24, 2.45) is 11.7 Å². The van der Waals surface area contributed by atoms with Crippen LogP contribution in [0.3, 0.4) is 0 Å². The number of hydrogen-bond donors (Lipinski definition) is 1. The van der Waals surface area contributed by atoms with Gasteiger partial charge in [0.05, 0.1) is 0 Å². The van der Waals surface area contributed by atoms with Crippen molar-refractivity contribution in [1.29, 1.82) is 0 Å². The Labute approximate surface area is 127 Å². The zero-order valence-corrected chi connectivity index (χ0v) is 12.9. The van der Waals surface area contributed by atoms with E-state index in [1.807, 2.05) is 12.1 Å². The maximum absolute atomic E-state index is 5.90. The van der Waals surface area contributed by atoms with E-state index in [0.717, 1.165) is 27.8 Å². The van der Waals surface area contributed by atoms with Crippen LogP contribution < -0.4 is 5.73 Å². The molecular formula is C14H18N6S. The van der Waals surface area contributed by atoms with Crippen LogP contribution in [0.15, 0.2) is 24.5 Å². The fourth-order valence-corrected chi connectivity index (χ4v) is 3.30. The Bertz CT molecular complexity index is 717. The molecule has 3 aromatic heterocycles. The number of hydrogen-bond acceptors (Lipinski definition) is 6. The molecule has 3 heterocycles. The van der Waals surface area contributed by atoms with E-state index in [1.165, 1.54) is 0 Å². The second kappa shape index (κ2) is 5.87. The summed E-state index contributed by atoms with van der Waals surface area (Å²) in [4.78, 5) is 4.92. The highest BCUT2D eigenvalue weighted by Crippen LogP contribution is 2.28. The van der Waals surface area contributed by atoms with Gasteiger partial charge in [-0.25, -0.2) is 0 Å². The average molecular weight is 302 g/mol. The average Bonchev–Trinajstić information content (AvgIpc) is 3.05. The zero-order chi connectivity index (χ0) is 14.8. The normalized spacial score (nSPS) is 13.1. The van der Waals surface area contributed by atoms with Gasteiger partial charge in [0.1, 0.15) is 5.01 Å². The highest BCUT2D eigenvalue weighted by atomic mass is 32.1. The van der Waals surface area contributed by atoms with Gasteiger partial charge >= 0.3 is 0 Å². The minimum atomic E-state index is 0.276. The highest BCUT2D eigenvalue weighted by molar-refractivity contribution is 7.16. The first-order valence-electron chi connectivity index (χ1n) is 7.01. The van der Waals surface area contributed by atoms with E-state index >= 15 is 0 Å². The van der Waals surface area contributed by atoms with Crippen LogP contribution in [0.5, 0.6) is 0 Å². The van der Waals surface area contributed by atoms with Crippen molar-refractivity contribution in [1.82, 2.24) is 24.8 Å². The van der Waals surface area contributed by atoms with Crippen molar-refractivity contribution in [2.75, 3.05) is 6.54 Å². The Morgan fingerprint density at radius 1 is 1.33 bits per heavy atom. The summed E-state index contributed by atoms with van der Waals surface area (Å²) in [6.07, 6.45) is 4.54. The van der Waals surface area contributed by atoms with Gasteiger partial charge in [0.2, 0.25) is 4.96 Å². The highest BCUT2D eigenvalue weighted by Gasteiger charge is 2.20. The van der Waals surface area contributed by atoms with Crippen molar-refractivity contribution < 1.29 is 0 Å². The van der Waals surface area contributed by atoms with E-state index in [1.54, 1.807) is 28.2 Å². The summed E-state index contributed by atoms with van der Waals surface area (Å²) < 4.78 is 1.79. The van der Waals surface area contributed by atoms with Crippen molar-refractivity contribution in [3.63, 3.8) is 0 Å². The number of fused-ring (bicyclic) bond motifs is 1. The molecule has 0 aliphatic rings. The fourth-order valence-electron chi connectivity index (χ4n) is 2.34. The number of nitrogens with two attached hydrogens (primary N) is 1. The van der Waals surface area contributed by atoms with Gasteiger partial charge in [0.15, 0.2) is 5.82 Å². The van der Waals surface area contributed by atoms with Crippen LogP contribution in [0, 0.1) is 5.92 Å². The van der Waals surface area contributed by atoms with E-state index in [2.05, 4.69) is 34.1 Å². The predicted octanol–water partition coefficient (Wildman–Crippen LogP) is 2.34. The maximum Gasteiger partial charge on any atom is 0.234 e. The van der Waals surface area contributed by atoms with Crippen LogP contribution in [0.1, 0.15) is 31.2 Å². The third-order valence-corrected chi connectivity index (χ3v) is 4.38. The lowest BCUT2D eigenvalue weighted by Crippen LogP contribution is -2.14. The van der Waals surface area contributed by atoms with Gasteiger partial charge in [0.25, 0.3) is 0 Å². The van der Waals surface area contributed by atoms with Crippen molar-refractivity contribution in [3.8, 4) is 11.4 Å². The van der Waals surface area contributed by atoms with E-state index in [0.29, 0.717) is 12.5 Å². The molecule has 1 atom stereocenters. The Kier molecular flexibility index (Phi) is 3.94. The van der Waals surface area contributed by atoms with Crippen LogP contribution in [0.2, 0.25) is 0 Å². The Morgan fingerprint density at radius 3 is 2.86 bits per heavy atom. The number of rotatable bonds is 5. The van der Waals surface area contributed by atoms with Gasteiger partial charge in [-0.15, -0.1) is 10.2 Å². The van der Waals surface area contributed by atoms with Crippen LogP contribution in [-0.2, 0) is 0 Å². The van der Waals surface area contributed by atoms with Crippen molar-refractivity contribution in [3.05, 3.63) is 29.5 Å². The molecule has 0 saturated carbocycles. The van der Waals surface area contributed by atoms with Gasteiger partial charge < -0.3 is 5.73 Å². The van der Waals surface area contributed by atoms with E-state index < -0.39 is 0 Å². The van der Waals surface area contributed by atoms with Gasteiger partial charge in [-0.3, -0.25) is 4.98 Å². The van der Waals surface area contributed by atoms with E-state index in [4.69, 9.17) is 5.73 Å². The molecule has 0 aromatic carbocycles. The van der Waals surface area contributed by atoms with E-state index in [-0.39, 0.29) is 5.92 Å². The summed E-state index contributed by atoms with van der Waals surface area (Å²) in [6, 6.07) is 3.84. The first-order valence-corrected chi connectivity index (χ1v) is 7.83. The van der Waals surface area contributed by atoms with Gasteiger partial charge in [0, 0.05) is 30.4 Å². The smallest absolute Gasteiger partial charge is 0.234 e. The summed E-state index contributed by atoms with van der Waals surface area (Å²) >= 11 is 1.57. The SMILES string of the molecule is CC(C)CC(CN)c1nn2c(-c3cccnc3)nnc2s1. The number of nitrogens with zero attached hydrogens (tertiary/aromatic N) is 5. The minimum Gasteiger partial charge on any atom is -0.330 e. The first kappa shape index (κ1) is 14.1. The summed E-state index contributed by atoms with van der Waals surface area (Å²) in [7, 11) is 0. The lowest BCUT2D eigenvalue weighted by Gasteiger charge is -2.13. The molecule has 0 fully saturated rings. The molecule has 0 spiro atoms. The second-order valence-corrected chi connectivity index (χ2v) is 6.45. The molecule has 0 bridgehead atoms. The molecule has 7 heteroatoms. The molecule has 1 unspecified atom stereocenters. The molecule has 6 nitrogen and oxygen atoms in total. The lowest BCUT2D eigenvalue weighted by atomic mass is 9.98. The topological polar surface area (TPSA) is 82.0 Å². The monoisotopic (exact) mass is 302 g/mol. The first-order chi connectivity index (χ1) is 10.2. The quantitative estimate of drug-likeness (QED) is 0.782. The molecule has 0 aliphatic heterocycles. The van der Waals surface area contributed by atoms with E-state index in [9.17, 15) is 0 Å². The molecule has 0 aliphatic carbocycles. The fraction of sp³-hybridized carbons (Fsp3) is 0.429. The minimum absolute atomic E-state index is 0.276. The number of aromatic nitrogens is 5. The second-order valence-electron chi connectivity index (χ2n) is 5.46. The molecule has 0 saturated heterocycles. The molecule has 3 rings (SSSR count). The summed E-state index contributed by atoms with van der Waals surface area (Å²) in [5.41, 5.74) is 6.82. The van der Waals surface area contributed by atoms with Crippen LogP contribution >= 0.6 is 11.3 Å². The molecule has 2 N–H and O–H groups in total. The summed E-state index contributed by atoms with van der Waals surface area (Å²) in [6.45, 7) is 5.00. The summed E-state index contributed by atoms with van der Waals surface area (Å²) in [5.74, 6) is 1.59. The molecular weight excluding hydrogens is 284 g/mol. The Morgan fingerprint density at radius 2 is 2.19 bits per heavy atom. The largest absolute Gasteiger partial charge is 0.330 e. The third kappa shape index (κ3) is 2.79. The van der Waals surface area contributed by atoms with Crippen LogP contribution in [-0.4, -0.2) is 31.3 Å². The van der Waals surface area contributed by atoms with Gasteiger partial charge in [-0.2, -0.15) is 9.61 Å². The molecule has 3 aromatic rings. The predicted molar refractivity (Wildman–Crippen MR) is 83.1 cm³/mol. The van der Waals surface area contributed by atoms with Crippen LogP contribution in [0.4, 0.5) is 0 Å². The van der Waals surface area contributed by atoms with Gasteiger partial charge in [-0.05, 0) is 24.5 Å². The number of pyridine rings is 1. The lowest BCUT2D eigenvalue weighted by molar-refractivity contribution is 0.499. The zero-order valence-electron chi connectivity index (χ0n) is 12.1. The summed E-state index contributed by atoms with van der Waals surface area (Å²) in [5, 5.41) is 14.1. The molecule has 21 heavy (non-hydrogen) atoms. The van der Waals surface area contributed by atoms with Gasteiger partial charge in [-0.1, -0.05) is 25.2 Å². The maximum atomic E-state index is 5.90. The standard InChI is InChI=1S/C14H18N6S/c1-9(2)6-11(7-15)13-19-20-12(17-18-14(20)21-13)10-4-3-5-16-8-10/h3-5,8-9,11H,6-7,15H2,1-2H3. The molecule has 110 valence electrons. The van der Waals surface area contributed by atoms with Crippen molar-refractivity contribution >= 4 is 16.3 Å². The van der Waals surface area contributed by atoms with Crippen LogP contribution in [0.25, 0.3) is 16.3 Å². The Balaban J connectivity index is 2.00.